The van der Waals surface area contributed by atoms with E-state index in [1.807, 2.05) is 0 Å². The van der Waals surface area contributed by atoms with E-state index in [-0.39, 0.29) is 29.5 Å². The molecule has 10 atom stereocenters. The number of fused-ring (bicyclic) bond motifs is 5. The predicted octanol–water partition coefficient (Wildman–Crippen LogP) is 4.48. The third kappa shape index (κ3) is 3.14. The standard InChI is InChI=1S/C24H40O4/c1-14(4-7-21(27)28)17-5-6-18-22-19(9-11-24(17,18)3)23(2)10-8-16(25)12-15(23)13-20(22)26/h14-20,22,25-26H,4-13H2,1-3H3,(H,27,28)/t14-,15-,16+,17+,18-,19+,20+,22+,23-,24+/m0/s1. The summed E-state index contributed by atoms with van der Waals surface area (Å²) in [7, 11) is 0. The fraction of sp³-hybridized carbons (Fsp3) is 0.958. The van der Waals surface area contributed by atoms with E-state index >= 15 is 0 Å². The Morgan fingerprint density at radius 1 is 1.00 bits per heavy atom. The van der Waals surface area contributed by atoms with Crippen molar-refractivity contribution in [3.05, 3.63) is 0 Å². The minimum atomic E-state index is -0.684. The van der Waals surface area contributed by atoms with Crippen molar-refractivity contribution in [1.29, 1.82) is 0 Å². The molecular weight excluding hydrogens is 352 g/mol. The second kappa shape index (κ2) is 7.27. The fourth-order valence-electron chi connectivity index (χ4n) is 8.73. The SMILES string of the molecule is C[C@@H](CCC(=O)O)[C@H]1CC[C@H]2[C@H]3[C@H](O)C[C@@H]4C[C@H](O)CC[C@]4(C)[C@@H]3CC[C@]12C. The number of carbonyl (C=O) groups is 1. The van der Waals surface area contributed by atoms with Gasteiger partial charge in [-0.15, -0.1) is 0 Å². The number of carboxylic acid groups (broad SMARTS) is 1. The van der Waals surface area contributed by atoms with Gasteiger partial charge >= 0.3 is 5.97 Å². The number of aliphatic carboxylic acids is 1. The van der Waals surface area contributed by atoms with Crippen LogP contribution >= 0.6 is 0 Å². The Bertz CT molecular complexity index is 605. The highest BCUT2D eigenvalue weighted by Gasteiger charge is 2.62. The van der Waals surface area contributed by atoms with Crippen molar-refractivity contribution in [1.82, 2.24) is 0 Å². The van der Waals surface area contributed by atoms with E-state index in [0.29, 0.717) is 35.5 Å². The molecule has 0 aliphatic heterocycles. The summed E-state index contributed by atoms with van der Waals surface area (Å²) >= 11 is 0. The summed E-state index contributed by atoms with van der Waals surface area (Å²) in [6, 6.07) is 0. The molecule has 0 radical (unpaired) electrons. The van der Waals surface area contributed by atoms with Gasteiger partial charge in [-0.1, -0.05) is 20.8 Å². The maximum Gasteiger partial charge on any atom is 0.303 e. The Morgan fingerprint density at radius 3 is 2.39 bits per heavy atom. The monoisotopic (exact) mass is 392 g/mol. The van der Waals surface area contributed by atoms with Crippen LogP contribution in [-0.4, -0.2) is 33.5 Å². The first-order valence-corrected chi connectivity index (χ1v) is 11.7. The minimum absolute atomic E-state index is 0.179. The molecule has 0 spiro atoms. The van der Waals surface area contributed by atoms with Crippen LogP contribution in [0.2, 0.25) is 0 Å². The largest absolute Gasteiger partial charge is 0.481 e. The molecule has 3 N–H and O–H groups in total. The third-order valence-electron chi connectivity index (χ3n) is 10.2. The van der Waals surface area contributed by atoms with Gasteiger partial charge in [0, 0.05) is 6.42 Å². The molecule has 0 amide bonds. The van der Waals surface area contributed by atoms with E-state index in [1.165, 1.54) is 25.7 Å². The Balaban J connectivity index is 1.55. The highest BCUT2D eigenvalue weighted by atomic mass is 16.4. The Labute approximate surface area is 170 Å². The van der Waals surface area contributed by atoms with Gasteiger partial charge in [-0.3, -0.25) is 4.79 Å². The zero-order chi connectivity index (χ0) is 20.3. The number of rotatable bonds is 4. The molecular formula is C24H40O4. The second-order valence-corrected chi connectivity index (χ2v) is 11.4. The van der Waals surface area contributed by atoms with Crippen LogP contribution in [-0.2, 0) is 4.79 Å². The average molecular weight is 393 g/mol. The molecule has 0 aromatic heterocycles. The van der Waals surface area contributed by atoms with Gasteiger partial charge in [0.2, 0.25) is 0 Å². The first kappa shape index (κ1) is 20.7. The third-order valence-corrected chi connectivity index (χ3v) is 10.2. The summed E-state index contributed by atoms with van der Waals surface area (Å²) in [4.78, 5) is 11.1. The summed E-state index contributed by atoms with van der Waals surface area (Å²) < 4.78 is 0. The summed E-state index contributed by atoms with van der Waals surface area (Å²) in [6.07, 6.45) is 9.19. The molecule has 0 aromatic carbocycles. The van der Waals surface area contributed by atoms with E-state index < -0.39 is 5.97 Å². The molecule has 4 heteroatoms. The van der Waals surface area contributed by atoms with Crippen LogP contribution in [0.3, 0.4) is 0 Å². The molecule has 0 saturated heterocycles. The Hall–Kier alpha value is -0.610. The van der Waals surface area contributed by atoms with Gasteiger partial charge in [-0.05, 0) is 104 Å². The Morgan fingerprint density at radius 2 is 1.68 bits per heavy atom. The molecule has 0 aromatic rings. The molecule has 28 heavy (non-hydrogen) atoms. The van der Waals surface area contributed by atoms with Crippen LogP contribution in [0.1, 0.15) is 85.0 Å². The van der Waals surface area contributed by atoms with Crippen molar-refractivity contribution >= 4 is 5.97 Å². The number of aliphatic hydroxyl groups excluding tert-OH is 2. The zero-order valence-electron chi connectivity index (χ0n) is 17.9. The van der Waals surface area contributed by atoms with E-state index in [0.717, 1.165) is 32.1 Å². The van der Waals surface area contributed by atoms with Gasteiger partial charge < -0.3 is 15.3 Å². The van der Waals surface area contributed by atoms with Gasteiger partial charge in [0.05, 0.1) is 12.2 Å². The molecule has 4 nitrogen and oxygen atoms in total. The predicted molar refractivity (Wildman–Crippen MR) is 109 cm³/mol. The lowest BCUT2D eigenvalue weighted by molar-refractivity contribution is -0.174. The summed E-state index contributed by atoms with van der Waals surface area (Å²) in [5.41, 5.74) is 0.523. The molecule has 0 unspecified atom stereocenters. The topological polar surface area (TPSA) is 77.8 Å². The molecule has 4 rings (SSSR count). The van der Waals surface area contributed by atoms with Gasteiger partial charge in [0.15, 0.2) is 0 Å². The molecule has 4 aliphatic carbocycles. The maximum atomic E-state index is 11.2. The molecule has 4 fully saturated rings. The number of aliphatic hydroxyl groups is 2. The van der Waals surface area contributed by atoms with E-state index in [1.54, 1.807) is 0 Å². The lowest BCUT2D eigenvalue weighted by Crippen LogP contribution is -2.58. The quantitative estimate of drug-likeness (QED) is 0.659. The van der Waals surface area contributed by atoms with Gasteiger partial charge in [-0.2, -0.15) is 0 Å². The first-order valence-electron chi connectivity index (χ1n) is 11.7. The number of carboxylic acids is 1. The minimum Gasteiger partial charge on any atom is -0.481 e. The first-order chi connectivity index (χ1) is 13.2. The van der Waals surface area contributed by atoms with Gasteiger partial charge in [0.25, 0.3) is 0 Å². The number of hydrogen-bond acceptors (Lipinski definition) is 3. The smallest absolute Gasteiger partial charge is 0.303 e. The fourth-order valence-corrected chi connectivity index (χ4v) is 8.73. The lowest BCUT2D eigenvalue weighted by Gasteiger charge is -2.62. The van der Waals surface area contributed by atoms with Crippen molar-refractivity contribution in [3.8, 4) is 0 Å². The van der Waals surface area contributed by atoms with Crippen LogP contribution < -0.4 is 0 Å². The van der Waals surface area contributed by atoms with E-state index in [2.05, 4.69) is 20.8 Å². The van der Waals surface area contributed by atoms with Crippen LogP contribution in [0.15, 0.2) is 0 Å². The van der Waals surface area contributed by atoms with Crippen molar-refractivity contribution < 1.29 is 20.1 Å². The highest BCUT2D eigenvalue weighted by Crippen LogP contribution is 2.68. The molecule has 160 valence electrons. The Kier molecular flexibility index (Phi) is 5.36. The number of hydrogen-bond donors (Lipinski definition) is 3. The average Bonchev–Trinajstić information content (AvgIpc) is 2.98. The van der Waals surface area contributed by atoms with Crippen LogP contribution in [0.5, 0.6) is 0 Å². The van der Waals surface area contributed by atoms with E-state index in [4.69, 9.17) is 5.11 Å². The van der Waals surface area contributed by atoms with Crippen molar-refractivity contribution in [2.45, 2.75) is 97.2 Å². The van der Waals surface area contributed by atoms with E-state index in [9.17, 15) is 15.0 Å². The van der Waals surface area contributed by atoms with Crippen molar-refractivity contribution in [3.63, 3.8) is 0 Å². The second-order valence-electron chi connectivity index (χ2n) is 11.4. The van der Waals surface area contributed by atoms with Crippen LogP contribution in [0.4, 0.5) is 0 Å². The molecule has 0 heterocycles. The zero-order valence-corrected chi connectivity index (χ0v) is 17.9. The lowest BCUT2D eigenvalue weighted by atomic mass is 9.43. The summed E-state index contributed by atoms with van der Waals surface area (Å²) in [6.45, 7) is 7.16. The van der Waals surface area contributed by atoms with Gasteiger partial charge in [-0.25, -0.2) is 0 Å². The maximum absolute atomic E-state index is 11.2. The summed E-state index contributed by atoms with van der Waals surface area (Å²) in [5, 5.41) is 30.5. The van der Waals surface area contributed by atoms with Crippen molar-refractivity contribution in [2.75, 3.05) is 0 Å². The van der Waals surface area contributed by atoms with Crippen LogP contribution in [0, 0.1) is 46.3 Å². The summed E-state index contributed by atoms with van der Waals surface area (Å²) in [5.74, 6) is 2.36. The van der Waals surface area contributed by atoms with Crippen LogP contribution in [0.25, 0.3) is 0 Å². The molecule has 4 aliphatic rings. The normalized spacial score (nSPS) is 51.7. The van der Waals surface area contributed by atoms with Crippen molar-refractivity contribution in [2.24, 2.45) is 46.3 Å². The molecule has 0 bridgehead atoms. The van der Waals surface area contributed by atoms with Gasteiger partial charge in [0.1, 0.15) is 0 Å². The highest BCUT2D eigenvalue weighted by molar-refractivity contribution is 5.66. The molecule has 4 saturated carbocycles.